The minimum atomic E-state index is -3.63. The van der Waals surface area contributed by atoms with Crippen molar-refractivity contribution in [1.29, 1.82) is 0 Å². The maximum absolute atomic E-state index is 12.6. The number of benzene rings is 1. The lowest BCUT2D eigenvalue weighted by Crippen LogP contribution is -2.34. The van der Waals surface area contributed by atoms with Gasteiger partial charge in [0.05, 0.1) is 11.5 Å². The van der Waals surface area contributed by atoms with Gasteiger partial charge in [-0.05, 0) is 18.7 Å². The van der Waals surface area contributed by atoms with E-state index in [9.17, 15) is 13.5 Å². The molecule has 0 saturated heterocycles. The number of nitrogens with one attached hydrogen (secondary N) is 1. The van der Waals surface area contributed by atoms with Crippen LogP contribution in [0.5, 0.6) is 0 Å². The van der Waals surface area contributed by atoms with Crippen LogP contribution in [0.3, 0.4) is 0 Å². The lowest BCUT2D eigenvalue weighted by Gasteiger charge is -2.14. The number of thioether (sulfide) groups is 1. The number of rotatable bonds is 7. The molecule has 1 aromatic carbocycles. The summed E-state index contributed by atoms with van der Waals surface area (Å²) in [7, 11) is -3.63. The van der Waals surface area contributed by atoms with Gasteiger partial charge in [0, 0.05) is 21.9 Å². The minimum Gasteiger partial charge on any atom is -0.391 e. The molecule has 1 atom stereocenters. The lowest BCUT2D eigenvalue weighted by atomic mass is 10.2. The van der Waals surface area contributed by atoms with Crippen LogP contribution in [0.4, 0.5) is 0 Å². The molecule has 0 spiro atoms. The number of fused-ring (bicyclic) bond motifs is 1. The quantitative estimate of drug-likeness (QED) is 0.810. The fourth-order valence-corrected chi connectivity index (χ4v) is 5.94. The van der Waals surface area contributed by atoms with Gasteiger partial charge < -0.3 is 5.11 Å². The highest BCUT2D eigenvalue weighted by molar-refractivity contribution is 7.99. The maximum atomic E-state index is 12.6. The first-order chi connectivity index (χ1) is 9.99. The van der Waals surface area contributed by atoms with Crippen molar-refractivity contribution in [2.45, 2.75) is 31.4 Å². The summed E-state index contributed by atoms with van der Waals surface area (Å²) < 4.78 is 28.9. The summed E-state index contributed by atoms with van der Waals surface area (Å²) >= 11 is 3.02. The summed E-state index contributed by atoms with van der Waals surface area (Å²) in [5.74, 6) is 1.68. The van der Waals surface area contributed by atoms with Crippen LogP contribution in [0, 0.1) is 0 Å². The van der Waals surface area contributed by atoms with Crippen molar-refractivity contribution in [3.05, 3.63) is 29.1 Å². The molecular weight excluding hydrogens is 326 g/mol. The van der Waals surface area contributed by atoms with Crippen molar-refractivity contribution in [2.24, 2.45) is 0 Å². The third-order valence-corrected chi connectivity index (χ3v) is 7.10. The van der Waals surface area contributed by atoms with Crippen molar-refractivity contribution in [1.82, 2.24) is 4.72 Å². The molecule has 0 aliphatic carbocycles. The Balaban J connectivity index is 2.39. The van der Waals surface area contributed by atoms with Crippen LogP contribution in [-0.2, 0) is 16.6 Å². The maximum Gasteiger partial charge on any atom is 0.242 e. The van der Waals surface area contributed by atoms with E-state index in [1.54, 1.807) is 17.8 Å². The van der Waals surface area contributed by atoms with E-state index in [4.69, 9.17) is 0 Å². The zero-order valence-corrected chi connectivity index (χ0v) is 14.4. The monoisotopic (exact) mass is 345 g/mol. The molecule has 4 nitrogen and oxygen atoms in total. The molecule has 1 unspecified atom stereocenters. The number of aliphatic hydroxyl groups excluding tert-OH is 1. The summed E-state index contributed by atoms with van der Waals surface area (Å²) in [6.45, 7) is 3.63. The van der Waals surface area contributed by atoms with Crippen LogP contribution in [0.1, 0.15) is 18.7 Å². The fraction of sp³-hybridized carbons (Fsp3) is 0.429. The molecule has 0 aliphatic heterocycles. The predicted molar refractivity (Wildman–Crippen MR) is 90.5 cm³/mol. The Bertz CT molecular complexity index is 709. The number of hydrogen-bond acceptors (Lipinski definition) is 5. The Hall–Kier alpha value is -0.600. The van der Waals surface area contributed by atoms with Gasteiger partial charge in [-0.15, -0.1) is 11.3 Å². The second-order valence-electron chi connectivity index (χ2n) is 4.69. The first-order valence-electron chi connectivity index (χ1n) is 6.71. The smallest absolute Gasteiger partial charge is 0.242 e. The van der Waals surface area contributed by atoms with Crippen LogP contribution in [0.2, 0.25) is 0 Å². The molecule has 0 aliphatic rings. The second kappa shape index (κ2) is 7.11. The Morgan fingerprint density at radius 1 is 1.38 bits per heavy atom. The molecule has 0 bridgehead atoms. The molecule has 1 heterocycles. The van der Waals surface area contributed by atoms with Crippen molar-refractivity contribution in [3.8, 4) is 0 Å². The van der Waals surface area contributed by atoms with Crippen LogP contribution in [-0.4, -0.2) is 31.1 Å². The third-order valence-electron chi connectivity index (χ3n) is 2.96. The van der Waals surface area contributed by atoms with Crippen LogP contribution >= 0.6 is 23.1 Å². The average molecular weight is 346 g/mol. The van der Waals surface area contributed by atoms with Gasteiger partial charge in [-0.2, -0.15) is 11.8 Å². The first kappa shape index (κ1) is 16.8. The Morgan fingerprint density at radius 3 is 2.76 bits per heavy atom. The van der Waals surface area contributed by atoms with Crippen LogP contribution in [0.25, 0.3) is 10.1 Å². The van der Waals surface area contributed by atoms with Gasteiger partial charge in [0.25, 0.3) is 0 Å². The average Bonchev–Trinajstić information content (AvgIpc) is 2.83. The lowest BCUT2D eigenvalue weighted by molar-refractivity contribution is 0.283. The van der Waals surface area contributed by atoms with E-state index in [0.29, 0.717) is 10.3 Å². The summed E-state index contributed by atoms with van der Waals surface area (Å²) in [5.41, 5.74) is 0. The number of thiophene rings is 1. The molecule has 0 amide bonds. The van der Waals surface area contributed by atoms with E-state index >= 15 is 0 Å². The summed E-state index contributed by atoms with van der Waals surface area (Å²) in [5, 5.41) is 10.1. The van der Waals surface area contributed by atoms with Gasteiger partial charge in [-0.3, -0.25) is 0 Å². The zero-order valence-electron chi connectivity index (χ0n) is 12.0. The SMILES string of the molecule is CCSCC(C)NS(=O)(=O)c1c(CO)sc2ccccc12. The normalized spacial score (nSPS) is 13.7. The van der Waals surface area contributed by atoms with Gasteiger partial charge in [0.2, 0.25) is 10.0 Å². The molecule has 1 aromatic heterocycles. The van der Waals surface area contributed by atoms with E-state index in [0.717, 1.165) is 16.2 Å². The van der Waals surface area contributed by atoms with Crippen LogP contribution in [0.15, 0.2) is 29.2 Å². The summed E-state index contributed by atoms with van der Waals surface area (Å²) in [4.78, 5) is 0.706. The van der Waals surface area contributed by atoms with E-state index in [1.165, 1.54) is 11.3 Å². The van der Waals surface area contributed by atoms with Gasteiger partial charge >= 0.3 is 0 Å². The Kier molecular flexibility index (Phi) is 5.67. The number of aliphatic hydroxyl groups is 1. The Morgan fingerprint density at radius 2 is 2.10 bits per heavy atom. The molecule has 0 radical (unpaired) electrons. The molecule has 2 rings (SSSR count). The predicted octanol–water partition coefficient (Wildman–Crippen LogP) is 2.81. The second-order valence-corrected chi connectivity index (χ2v) is 8.80. The number of sulfonamides is 1. The summed E-state index contributed by atoms with van der Waals surface area (Å²) in [6.07, 6.45) is 0. The van der Waals surface area contributed by atoms with E-state index < -0.39 is 10.0 Å². The van der Waals surface area contributed by atoms with Crippen molar-refractivity contribution < 1.29 is 13.5 Å². The highest BCUT2D eigenvalue weighted by atomic mass is 32.2. The van der Waals surface area contributed by atoms with E-state index in [1.807, 2.05) is 32.0 Å². The minimum absolute atomic E-state index is 0.148. The van der Waals surface area contributed by atoms with Crippen LogP contribution < -0.4 is 4.72 Å². The van der Waals surface area contributed by atoms with E-state index in [-0.39, 0.29) is 17.5 Å². The Labute approximate surface area is 133 Å². The standard InChI is InChI=1S/C14H19NO3S3/c1-3-19-9-10(2)15-21(17,18)14-11-6-4-5-7-12(11)20-13(14)8-16/h4-7,10,15-16H,3,8-9H2,1-2H3. The molecule has 2 aromatic rings. The molecule has 0 saturated carbocycles. The number of hydrogen-bond donors (Lipinski definition) is 2. The molecule has 2 N–H and O–H groups in total. The zero-order chi connectivity index (χ0) is 15.5. The van der Waals surface area contributed by atoms with Crippen molar-refractivity contribution in [3.63, 3.8) is 0 Å². The van der Waals surface area contributed by atoms with Crippen molar-refractivity contribution >= 4 is 43.2 Å². The van der Waals surface area contributed by atoms with Gasteiger partial charge in [-0.25, -0.2) is 13.1 Å². The van der Waals surface area contributed by atoms with Crippen molar-refractivity contribution in [2.75, 3.05) is 11.5 Å². The van der Waals surface area contributed by atoms with Gasteiger partial charge in [0.15, 0.2) is 0 Å². The first-order valence-corrected chi connectivity index (χ1v) is 10.2. The highest BCUT2D eigenvalue weighted by Gasteiger charge is 2.25. The topological polar surface area (TPSA) is 66.4 Å². The fourth-order valence-electron chi connectivity index (χ4n) is 2.12. The molecule has 21 heavy (non-hydrogen) atoms. The van der Waals surface area contributed by atoms with Gasteiger partial charge in [-0.1, -0.05) is 25.1 Å². The largest absolute Gasteiger partial charge is 0.391 e. The molecule has 7 heteroatoms. The van der Waals surface area contributed by atoms with Gasteiger partial charge in [0.1, 0.15) is 4.90 Å². The molecule has 116 valence electrons. The molecule has 0 fully saturated rings. The third kappa shape index (κ3) is 3.78. The summed E-state index contributed by atoms with van der Waals surface area (Å²) in [6, 6.07) is 7.18. The molecular formula is C14H19NO3S3. The highest BCUT2D eigenvalue weighted by Crippen LogP contribution is 2.34. The van der Waals surface area contributed by atoms with E-state index in [2.05, 4.69) is 4.72 Å².